The molecule has 0 amide bonds. The highest BCUT2D eigenvalue weighted by Gasteiger charge is 2.45. The molecule has 0 aromatic heterocycles. The van der Waals surface area contributed by atoms with Crippen LogP contribution in [0.2, 0.25) is 0 Å². The van der Waals surface area contributed by atoms with Gasteiger partial charge in [-0.25, -0.2) is 0 Å². The second kappa shape index (κ2) is 4.99. The third-order valence-corrected chi connectivity index (χ3v) is 5.75. The van der Waals surface area contributed by atoms with Gasteiger partial charge in [0.25, 0.3) is 0 Å². The highest BCUT2D eigenvalue weighted by Crippen LogP contribution is 2.49. The number of thioether (sulfide) groups is 1. The van der Waals surface area contributed by atoms with Gasteiger partial charge in [0.2, 0.25) is 0 Å². The average molecular weight is 267 g/mol. The summed E-state index contributed by atoms with van der Waals surface area (Å²) < 4.78 is 16.7. The summed E-state index contributed by atoms with van der Waals surface area (Å²) in [4.78, 5) is 9.52. The van der Waals surface area contributed by atoms with E-state index in [2.05, 4.69) is 19.2 Å². The van der Waals surface area contributed by atoms with Crippen LogP contribution in [0, 0.1) is 5.92 Å². The molecular formula is C10H22NO3PS. The Kier molecular flexibility index (Phi) is 4.53. The topological polar surface area (TPSA) is 58.6 Å². The number of hydrogen-bond acceptors (Lipinski definition) is 4. The van der Waals surface area contributed by atoms with Gasteiger partial charge in [-0.3, -0.25) is 14.4 Å². The van der Waals surface area contributed by atoms with Gasteiger partial charge in [-0.05, 0) is 19.8 Å². The summed E-state index contributed by atoms with van der Waals surface area (Å²) in [5.41, 5.74) is 0. The smallest absolute Gasteiger partial charge is 0.324 e. The van der Waals surface area contributed by atoms with Gasteiger partial charge in [0.1, 0.15) is 6.23 Å². The Morgan fingerprint density at radius 2 is 2.12 bits per heavy atom. The predicted octanol–water partition coefficient (Wildman–Crippen LogP) is 2.63. The predicted molar refractivity (Wildman–Crippen MR) is 68.7 cm³/mol. The molecule has 2 N–H and O–H groups in total. The summed E-state index contributed by atoms with van der Waals surface area (Å²) in [6.45, 7) is 9.99. The number of nitrogens with one attached hydrogen (secondary N) is 1. The lowest BCUT2D eigenvalue weighted by molar-refractivity contribution is 0.120. The first-order chi connectivity index (χ1) is 7.18. The SMILES string of the molecule is CCP(=O)(O)OC1NC(C(C)C)SC1(C)C. The van der Waals surface area contributed by atoms with Crippen LogP contribution in [-0.4, -0.2) is 27.4 Å². The first-order valence-corrected chi connectivity index (χ1v) is 8.26. The van der Waals surface area contributed by atoms with Gasteiger partial charge in [0, 0.05) is 6.16 Å². The Labute approximate surface area is 102 Å². The fourth-order valence-electron chi connectivity index (χ4n) is 1.50. The van der Waals surface area contributed by atoms with E-state index in [1.807, 2.05) is 13.8 Å². The maximum Gasteiger partial charge on any atom is 0.329 e. The molecule has 96 valence electrons. The van der Waals surface area contributed by atoms with Crippen molar-refractivity contribution in [3.05, 3.63) is 0 Å². The normalized spacial score (nSPS) is 32.9. The fraction of sp³-hybridized carbons (Fsp3) is 1.00. The molecule has 0 aromatic rings. The van der Waals surface area contributed by atoms with Gasteiger partial charge < -0.3 is 4.89 Å². The number of hydrogen-bond donors (Lipinski definition) is 2. The average Bonchev–Trinajstić information content (AvgIpc) is 2.42. The third kappa shape index (κ3) is 3.47. The zero-order valence-corrected chi connectivity index (χ0v) is 12.3. The molecule has 16 heavy (non-hydrogen) atoms. The molecule has 0 saturated carbocycles. The molecule has 1 aliphatic heterocycles. The Bertz CT molecular complexity index is 296. The van der Waals surface area contributed by atoms with E-state index in [9.17, 15) is 9.46 Å². The molecule has 0 aliphatic carbocycles. The van der Waals surface area contributed by atoms with Gasteiger partial charge in [0.15, 0.2) is 0 Å². The molecule has 1 saturated heterocycles. The highest BCUT2D eigenvalue weighted by molar-refractivity contribution is 8.01. The van der Waals surface area contributed by atoms with Crippen LogP contribution in [0.5, 0.6) is 0 Å². The largest absolute Gasteiger partial charge is 0.329 e. The molecule has 1 aliphatic rings. The van der Waals surface area contributed by atoms with Gasteiger partial charge in [-0.1, -0.05) is 20.8 Å². The van der Waals surface area contributed by atoms with Gasteiger partial charge in [-0.15, -0.1) is 11.8 Å². The lowest BCUT2D eigenvalue weighted by atomic mass is 10.1. The van der Waals surface area contributed by atoms with Crippen LogP contribution in [-0.2, 0) is 9.09 Å². The Morgan fingerprint density at radius 1 is 1.56 bits per heavy atom. The van der Waals surface area contributed by atoms with Crippen LogP contribution in [0.1, 0.15) is 34.6 Å². The van der Waals surface area contributed by atoms with E-state index >= 15 is 0 Å². The monoisotopic (exact) mass is 267 g/mol. The van der Waals surface area contributed by atoms with E-state index in [0.29, 0.717) is 5.92 Å². The molecular weight excluding hydrogens is 245 g/mol. The van der Waals surface area contributed by atoms with Gasteiger partial charge in [-0.2, -0.15) is 0 Å². The zero-order chi connectivity index (χ0) is 12.6. The maximum atomic E-state index is 11.6. The molecule has 1 heterocycles. The second-order valence-corrected chi connectivity index (χ2v) is 8.91. The summed E-state index contributed by atoms with van der Waals surface area (Å²) in [6.07, 6.45) is -0.209. The van der Waals surface area contributed by atoms with E-state index < -0.39 is 7.60 Å². The van der Waals surface area contributed by atoms with Crippen molar-refractivity contribution in [3.8, 4) is 0 Å². The van der Waals surface area contributed by atoms with Crippen LogP contribution >= 0.6 is 19.4 Å². The minimum absolute atomic E-state index is 0.151. The molecule has 0 radical (unpaired) electrons. The Balaban J connectivity index is 2.71. The summed E-state index contributed by atoms with van der Waals surface area (Å²) in [5.74, 6) is 0.470. The molecule has 0 spiro atoms. The molecule has 0 aromatic carbocycles. The van der Waals surface area contributed by atoms with E-state index in [-0.39, 0.29) is 22.5 Å². The molecule has 3 atom stereocenters. The van der Waals surface area contributed by atoms with Crippen molar-refractivity contribution < 1.29 is 14.0 Å². The van der Waals surface area contributed by atoms with E-state index in [1.54, 1.807) is 18.7 Å². The fourth-order valence-corrected chi connectivity index (χ4v) is 3.73. The molecule has 1 rings (SSSR count). The maximum absolute atomic E-state index is 11.6. The highest BCUT2D eigenvalue weighted by atomic mass is 32.2. The van der Waals surface area contributed by atoms with Crippen LogP contribution in [0.4, 0.5) is 0 Å². The standard InChI is InChI=1S/C10H22NO3PS/c1-6-15(12,13)14-9-10(4,5)16-8(11-9)7(2)3/h7-9,11H,6H2,1-5H3,(H,12,13). The molecule has 3 unspecified atom stereocenters. The van der Waals surface area contributed by atoms with Crippen molar-refractivity contribution in [3.63, 3.8) is 0 Å². The lowest BCUT2D eigenvalue weighted by Gasteiger charge is -2.26. The summed E-state index contributed by atoms with van der Waals surface area (Å²) in [5, 5.41) is 3.55. The lowest BCUT2D eigenvalue weighted by Crippen LogP contribution is -2.40. The van der Waals surface area contributed by atoms with E-state index in [4.69, 9.17) is 4.52 Å². The second-order valence-electron chi connectivity index (χ2n) is 4.99. The zero-order valence-electron chi connectivity index (χ0n) is 10.6. The molecule has 4 nitrogen and oxygen atoms in total. The summed E-state index contributed by atoms with van der Waals surface area (Å²) >= 11 is 1.77. The minimum Gasteiger partial charge on any atom is -0.324 e. The van der Waals surface area contributed by atoms with E-state index in [1.165, 1.54) is 0 Å². The molecule has 0 bridgehead atoms. The number of rotatable bonds is 4. The first-order valence-electron chi connectivity index (χ1n) is 5.62. The van der Waals surface area contributed by atoms with Crippen molar-refractivity contribution >= 4 is 19.4 Å². The molecule has 1 fully saturated rings. The quantitative estimate of drug-likeness (QED) is 0.767. The summed E-state index contributed by atoms with van der Waals surface area (Å²) in [6, 6.07) is 0. The molecule has 6 heteroatoms. The van der Waals surface area contributed by atoms with Gasteiger partial charge in [0.05, 0.1) is 10.1 Å². The van der Waals surface area contributed by atoms with Crippen LogP contribution in [0.15, 0.2) is 0 Å². The first kappa shape index (κ1) is 14.5. The van der Waals surface area contributed by atoms with Crippen molar-refractivity contribution in [2.24, 2.45) is 5.92 Å². The van der Waals surface area contributed by atoms with Crippen molar-refractivity contribution in [2.45, 2.75) is 51.0 Å². The Morgan fingerprint density at radius 3 is 2.50 bits per heavy atom. The van der Waals surface area contributed by atoms with Crippen LogP contribution < -0.4 is 5.32 Å². The van der Waals surface area contributed by atoms with E-state index in [0.717, 1.165) is 0 Å². The van der Waals surface area contributed by atoms with Gasteiger partial charge >= 0.3 is 7.60 Å². The Hall–Kier alpha value is 0.460. The van der Waals surface area contributed by atoms with Crippen LogP contribution in [0.3, 0.4) is 0 Å². The van der Waals surface area contributed by atoms with Crippen LogP contribution in [0.25, 0.3) is 0 Å². The van der Waals surface area contributed by atoms with Crippen molar-refractivity contribution in [2.75, 3.05) is 6.16 Å². The summed E-state index contributed by atoms with van der Waals surface area (Å²) in [7, 11) is -3.44. The van der Waals surface area contributed by atoms with Crippen molar-refractivity contribution in [1.29, 1.82) is 0 Å². The minimum atomic E-state index is -3.44. The van der Waals surface area contributed by atoms with Crippen molar-refractivity contribution in [1.82, 2.24) is 5.32 Å². The third-order valence-electron chi connectivity index (χ3n) is 2.65.